The number of sulfonamides is 1. The van der Waals surface area contributed by atoms with Crippen LogP contribution in [0, 0.1) is 0 Å². The predicted molar refractivity (Wildman–Crippen MR) is 123 cm³/mol. The summed E-state index contributed by atoms with van der Waals surface area (Å²) in [4.78, 5) is 12.8. The molecule has 0 saturated heterocycles. The van der Waals surface area contributed by atoms with Crippen molar-refractivity contribution in [1.82, 2.24) is 9.62 Å². The fourth-order valence-corrected chi connectivity index (χ4v) is 4.91. The lowest BCUT2D eigenvalue weighted by Crippen LogP contribution is -2.44. The number of nitrogens with zero attached hydrogens (tertiary/aromatic N) is 1. The Balaban J connectivity index is 1.77. The van der Waals surface area contributed by atoms with Crippen LogP contribution in [0.25, 0.3) is 0 Å². The van der Waals surface area contributed by atoms with E-state index in [1.54, 1.807) is 19.2 Å². The number of ether oxygens (including phenoxy) is 4. The van der Waals surface area contributed by atoms with E-state index in [1.807, 2.05) is 19.9 Å². The summed E-state index contributed by atoms with van der Waals surface area (Å²) in [6.45, 7) is 3.52. The monoisotopic (exact) mass is 478 g/mol. The Kier molecular flexibility index (Phi) is 7.08. The highest BCUT2D eigenvalue weighted by Crippen LogP contribution is 2.41. The normalized spacial score (nSPS) is 17.0. The van der Waals surface area contributed by atoms with Gasteiger partial charge in [0.2, 0.25) is 15.9 Å². The Labute approximate surface area is 194 Å². The number of carbonyl (C=O) groups excluding carboxylic acids is 1. The third-order valence-corrected chi connectivity index (χ3v) is 7.24. The number of methoxy groups -OCH3 is 3. The third kappa shape index (κ3) is 5.33. The number of nitrogens with one attached hydrogen (secondary N) is 1. The van der Waals surface area contributed by atoms with Gasteiger partial charge in [-0.3, -0.25) is 4.79 Å². The maximum absolute atomic E-state index is 13.0. The van der Waals surface area contributed by atoms with E-state index in [0.29, 0.717) is 23.7 Å². The number of carbonyl (C=O) groups is 1. The molecule has 2 aromatic rings. The lowest BCUT2D eigenvalue weighted by atomic mass is 9.89. The molecule has 0 spiro atoms. The number of benzene rings is 2. The first-order valence-corrected chi connectivity index (χ1v) is 11.8. The molecular weight excluding hydrogens is 448 g/mol. The summed E-state index contributed by atoms with van der Waals surface area (Å²) in [6, 6.07) is 9.38. The largest absolute Gasteiger partial charge is 0.497 e. The van der Waals surface area contributed by atoms with Crippen LogP contribution in [0.15, 0.2) is 41.3 Å². The Morgan fingerprint density at radius 3 is 2.42 bits per heavy atom. The van der Waals surface area contributed by atoms with Gasteiger partial charge in [0.1, 0.15) is 17.1 Å². The van der Waals surface area contributed by atoms with Crippen molar-refractivity contribution in [2.75, 3.05) is 34.9 Å². The van der Waals surface area contributed by atoms with E-state index in [9.17, 15) is 13.2 Å². The molecule has 0 saturated carbocycles. The second-order valence-corrected chi connectivity index (χ2v) is 10.4. The van der Waals surface area contributed by atoms with Crippen LogP contribution in [-0.4, -0.2) is 59.2 Å². The van der Waals surface area contributed by atoms with Crippen molar-refractivity contribution in [3.8, 4) is 23.0 Å². The zero-order valence-electron chi connectivity index (χ0n) is 19.7. The fraction of sp³-hybridized carbons (Fsp3) is 0.435. The van der Waals surface area contributed by atoms with Crippen LogP contribution in [0.1, 0.15) is 31.9 Å². The van der Waals surface area contributed by atoms with Crippen LogP contribution in [0.5, 0.6) is 23.0 Å². The first-order chi connectivity index (χ1) is 15.5. The minimum Gasteiger partial charge on any atom is -0.497 e. The van der Waals surface area contributed by atoms with Crippen molar-refractivity contribution in [2.24, 2.45) is 0 Å². The Bertz CT molecular complexity index is 1130. The molecule has 2 aromatic carbocycles. The number of hydrogen-bond donors (Lipinski definition) is 1. The highest BCUT2D eigenvalue weighted by atomic mass is 32.2. The SMILES string of the molecule is COc1ccc2c(c1)OC(C)(C)CC2NC(=O)CN(C)S(=O)(=O)c1ccc(OC)c(OC)c1. The van der Waals surface area contributed by atoms with Crippen LogP contribution in [-0.2, 0) is 14.8 Å². The summed E-state index contributed by atoms with van der Waals surface area (Å²) in [5, 5.41) is 2.95. The van der Waals surface area contributed by atoms with E-state index in [-0.39, 0.29) is 23.2 Å². The summed E-state index contributed by atoms with van der Waals surface area (Å²) in [5.74, 6) is 1.55. The fourth-order valence-electron chi connectivity index (χ4n) is 3.77. The molecule has 1 aliphatic heterocycles. The molecule has 1 heterocycles. The number of fused-ring (bicyclic) bond motifs is 1. The molecular formula is C23H30N2O7S. The van der Waals surface area contributed by atoms with Crippen molar-refractivity contribution in [2.45, 2.75) is 36.8 Å². The molecule has 1 amide bonds. The molecule has 3 rings (SSSR count). The average molecular weight is 479 g/mol. The van der Waals surface area contributed by atoms with E-state index >= 15 is 0 Å². The predicted octanol–water partition coefficient (Wildman–Crippen LogP) is 2.75. The summed E-state index contributed by atoms with van der Waals surface area (Å²) >= 11 is 0. The summed E-state index contributed by atoms with van der Waals surface area (Å²) in [7, 11) is 1.89. The number of amides is 1. The zero-order valence-corrected chi connectivity index (χ0v) is 20.5. The minimum atomic E-state index is -3.93. The zero-order chi connectivity index (χ0) is 24.4. The van der Waals surface area contributed by atoms with Crippen molar-refractivity contribution >= 4 is 15.9 Å². The third-order valence-electron chi connectivity index (χ3n) is 5.44. The molecule has 0 bridgehead atoms. The molecule has 0 aromatic heterocycles. The van der Waals surface area contributed by atoms with Gasteiger partial charge in [-0.25, -0.2) is 8.42 Å². The van der Waals surface area contributed by atoms with E-state index in [2.05, 4.69) is 5.32 Å². The Hall–Kier alpha value is -2.98. The quantitative estimate of drug-likeness (QED) is 0.622. The number of likely N-dealkylation sites (N-methyl/N-ethyl adjacent to an activating group) is 1. The van der Waals surface area contributed by atoms with Crippen LogP contribution in [0.3, 0.4) is 0 Å². The maximum Gasteiger partial charge on any atom is 0.243 e. The second-order valence-electron chi connectivity index (χ2n) is 8.37. The topological polar surface area (TPSA) is 103 Å². The smallest absolute Gasteiger partial charge is 0.243 e. The summed E-state index contributed by atoms with van der Waals surface area (Å²) in [6.07, 6.45) is 0.532. The van der Waals surface area contributed by atoms with Gasteiger partial charge >= 0.3 is 0 Å². The highest BCUT2D eigenvalue weighted by molar-refractivity contribution is 7.89. The first kappa shape index (κ1) is 24.7. The van der Waals surface area contributed by atoms with Crippen molar-refractivity contribution < 1.29 is 32.2 Å². The maximum atomic E-state index is 13.0. The van der Waals surface area contributed by atoms with Gasteiger partial charge in [-0.15, -0.1) is 0 Å². The van der Waals surface area contributed by atoms with Crippen LogP contribution < -0.4 is 24.3 Å². The molecule has 1 aliphatic rings. The molecule has 33 heavy (non-hydrogen) atoms. The molecule has 1 N–H and O–H groups in total. The van der Waals surface area contributed by atoms with Gasteiger partial charge in [0, 0.05) is 31.2 Å². The van der Waals surface area contributed by atoms with Crippen molar-refractivity contribution in [3.63, 3.8) is 0 Å². The van der Waals surface area contributed by atoms with E-state index in [0.717, 1.165) is 9.87 Å². The number of rotatable bonds is 8. The molecule has 0 aliphatic carbocycles. The van der Waals surface area contributed by atoms with E-state index in [1.165, 1.54) is 39.5 Å². The Morgan fingerprint density at radius 2 is 1.79 bits per heavy atom. The molecule has 1 unspecified atom stereocenters. The molecule has 180 valence electrons. The molecule has 0 radical (unpaired) electrons. The summed E-state index contributed by atoms with van der Waals surface area (Å²) < 4.78 is 48.7. The number of hydrogen-bond acceptors (Lipinski definition) is 7. The van der Waals surface area contributed by atoms with Gasteiger partial charge in [0.25, 0.3) is 0 Å². The van der Waals surface area contributed by atoms with Gasteiger partial charge in [-0.2, -0.15) is 4.31 Å². The van der Waals surface area contributed by atoms with E-state index < -0.39 is 21.5 Å². The van der Waals surface area contributed by atoms with Crippen molar-refractivity contribution in [3.05, 3.63) is 42.0 Å². The molecule has 9 nitrogen and oxygen atoms in total. The van der Waals surface area contributed by atoms with Gasteiger partial charge in [0.05, 0.1) is 38.8 Å². The summed E-state index contributed by atoms with van der Waals surface area (Å²) in [5.41, 5.74) is 0.295. The minimum absolute atomic E-state index is 0.0000837. The standard InChI is InChI=1S/C23H30N2O7S/c1-23(2)13-18(17-9-7-15(29-4)11-20(17)32-23)24-22(26)14-25(3)33(27,28)16-8-10-19(30-5)21(12-16)31-6/h7-12,18H,13-14H2,1-6H3,(H,24,26). The van der Waals surface area contributed by atoms with Gasteiger partial charge in [-0.05, 0) is 38.1 Å². The van der Waals surface area contributed by atoms with Gasteiger partial charge in [-0.1, -0.05) is 0 Å². The van der Waals surface area contributed by atoms with E-state index in [4.69, 9.17) is 18.9 Å². The molecule has 1 atom stereocenters. The Morgan fingerprint density at radius 1 is 1.09 bits per heavy atom. The van der Waals surface area contributed by atoms with Crippen LogP contribution >= 0.6 is 0 Å². The van der Waals surface area contributed by atoms with Gasteiger partial charge < -0.3 is 24.3 Å². The molecule has 10 heteroatoms. The second kappa shape index (κ2) is 9.48. The van der Waals surface area contributed by atoms with Crippen LogP contribution in [0.4, 0.5) is 0 Å². The van der Waals surface area contributed by atoms with Gasteiger partial charge in [0.15, 0.2) is 11.5 Å². The van der Waals surface area contributed by atoms with Crippen LogP contribution in [0.2, 0.25) is 0 Å². The lowest BCUT2D eigenvalue weighted by molar-refractivity contribution is -0.122. The lowest BCUT2D eigenvalue weighted by Gasteiger charge is -2.38. The molecule has 0 fully saturated rings. The average Bonchev–Trinajstić information content (AvgIpc) is 2.76. The highest BCUT2D eigenvalue weighted by Gasteiger charge is 2.35. The van der Waals surface area contributed by atoms with Crippen molar-refractivity contribution in [1.29, 1.82) is 0 Å². The first-order valence-electron chi connectivity index (χ1n) is 10.4.